The third kappa shape index (κ3) is 3.88. The first-order valence-electron chi connectivity index (χ1n) is 12.7. The number of benzene rings is 2. The third-order valence-corrected chi connectivity index (χ3v) is 7.94. The Kier molecular flexibility index (Phi) is 6.11. The van der Waals surface area contributed by atoms with Crippen molar-refractivity contribution in [3.05, 3.63) is 52.1 Å². The van der Waals surface area contributed by atoms with Gasteiger partial charge in [0.2, 0.25) is 5.91 Å². The quantitative estimate of drug-likeness (QED) is 0.346. The number of morpholine rings is 2. The van der Waals surface area contributed by atoms with Crippen LogP contribution in [0.2, 0.25) is 0 Å². The van der Waals surface area contributed by atoms with Gasteiger partial charge in [0, 0.05) is 37.8 Å². The lowest BCUT2D eigenvalue weighted by molar-refractivity contribution is -0.384. The van der Waals surface area contributed by atoms with E-state index in [4.69, 9.17) is 14.2 Å². The minimum absolute atomic E-state index is 0.0765. The highest BCUT2D eigenvalue weighted by Crippen LogP contribution is 2.49. The first-order valence-corrected chi connectivity index (χ1v) is 12.7. The maximum absolute atomic E-state index is 14.3. The summed E-state index contributed by atoms with van der Waals surface area (Å²) in [6, 6.07) is 8.01. The molecule has 2 atom stereocenters. The molecule has 13 nitrogen and oxygen atoms in total. The molecule has 4 amide bonds. The summed E-state index contributed by atoms with van der Waals surface area (Å²) in [6.45, 7) is 2.74. The van der Waals surface area contributed by atoms with Gasteiger partial charge in [-0.15, -0.1) is 0 Å². The van der Waals surface area contributed by atoms with Gasteiger partial charge in [0.1, 0.15) is 11.4 Å². The fraction of sp³-hybridized carbons (Fsp3) is 0.423. The summed E-state index contributed by atoms with van der Waals surface area (Å²) in [5.74, 6) is -0.906. The normalized spacial score (nSPS) is 24.8. The average Bonchev–Trinajstić information content (AvgIpc) is 2.96. The van der Waals surface area contributed by atoms with Crippen molar-refractivity contribution in [2.24, 2.45) is 5.41 Å². The maximum atomic E-state index is 14.3. The number of urea groups is 1. The van der Waals surface area contributed by atoms with Crippen LogP contribution in [0.3, 0.4) is 0 Å². The Morgan fingerprint density at radius 1 is 1.03 bits per heavy atom. The highest BCUT2D eigenvalue weighted by Gasteiger charge is 2.63. The fourth-order valence-electron chi connectivity index (χ4n) is 6.01. The van der Waals surface area contributed by atoms with Crippen molar-refractivity contribution in [2.45, 2.75) is 12.5 Å². The molecule has 0 bridgehead atoms. The summed E-state index contributed by atoms with van der Waals surface area (Å²) in [5, 5.41) is 14.5. The lowest BCUT2D eigenvalue weighted by Crippen LogP contribution is -2.74. The minimum Gasteiger partial charge on any atom is -0.497 e. The second-order valence-corrected chi connectivity index (χ2v) is 9.86. The van der Waals surface area contributed by atoms with E-state index in [0.717, 1.165) is 10.6 Å². The molecule has 0 aromatic heterocycles. The van der Waals surface area contributed by atoms with Crippen LogP contribution in [0, 0.1) is 15.5 Å². The molecule has 4 aliphatic rings. The first-order chi connectivity index (χ1) is 18.8. The second-order valence-electron chi connectivity index (χ2n) is 9.86. The Morgan fingerprint density at radius 2 is 1.74 bits per heavy atom. The number of methoxy groups -OCH3 is 1. The monoisotopic (exact) mass is 537 g/mol. The van der Waals surface area contributed by atoms with Crippen LogP contribution >= 0.6 is 0 Å². The molecular formula is C26H27N5O8. The molecule has 1 spiro atoms. The van der Waals surface area contributed by atoms with Crippen molar-refractivity contribution >= 4 is 40.6 Å². The molecule has 4 heterocycles. The standard InChI is InChI=1S/C26H27N5O8/c1-37-18-4-2-17(3-5-18)30-24(33)26(23(32)27-25(30)34)14-16-12-21(31(35)36)20(28-6-9-38-10-7-28)13-19(16)29-8-11-39-15-22(26)29/h2-5,12-13,22H,6-11,14-15H2,1H3,(H,27,32,34). The molecule has 0 aliphatic carbocycles. The van der Waals surface area contributed by atoms with Gasteiger partial charge < -0.3 is 24.0 Å². The zero-order valence-corrected chi connectivity index (χ0v) is 21.3. The number of carbonyl (C=O) groups excluding carboxylic acids is 3. The number of nitro benzene ring substituents is 1. The van der Waals surface area contributed by atoms with E-state index in [0.29, 0.717) is 56.5 Å². The number of nitro groups is 1. The van der Waals surface area contributed by atoms with Crippen LogP contribution in [0.4, 0.5) is 27.5 Å². The van der Waals surface area contributed by atoms with Crippen molar-refractivity contribution in [1.82, 2.24) is 5.32 Å². The number of imide groups is 2. The molecule has 6 rings (SSSR count). The zero-order valence-electron chi connectivity index (χ0n) is 21.3. The number of carbonyl (C=O) groups is 3. The molecular weight excluding hydrogens is 510 g/mol. The van der Waals surface area contributed by atoms with Crippen LogP contribution in [-0.4, -0.2) is 82.0 Å². The van der Waals surface area contributed by atoms with Crippen LogP contribution in [0.15, 0.2) is 36.4 Å². The number of hydrogen-bond donors (Lipinski definition) is 1. The van der Waals surface area contributed by atoms with Crippen LogP contribution in [-0.2, 0) is 25.5 Å². The van der Waals surface area contributed by atoms with Gasteiger partial charge in [0.25, 0.3) is 11.6 Å². The number of nitrogens with zero attached hydrogens (tertiary/aromatic N) is 4. The van der Waals surface area contributed by atoms with Gasteiger partial charge >= 0.3 is 6.03 Å². The second kappa shape index (κ2) is 9.50. The average molecular weight is 538 g/mol. The lowest BCUT2D eigenvalue weighted by atomic mass is 9.68. The molecule has 4 aliphatic heterocycles. The number of amides is 4. The Hall–Kier alpha value is -4.23. The predicted molar refractivity (Wildman–Crippen MR) is 138 cm³/mol. The minimum atomic E-state index is -1.74. The molecule has 39 heavy (non-hydrogen) atoms. The molecule has 2 unspecified atom stereocenters. The maximum Gasteiger partial charge on any atom is 0.335 e. The van der Waals surface area contributed by atoms with E-state index in [1.807, 2.05) is 9.80 Å². The predicted octanol–water partition coefficient (Wildman–Crippen LogP) is 1.47. The first kappa shape index (κ1) is 25.1. The Balaban J connectivity index is 1.48. The SMILES string of the molecule is COc1ccc(N2C(=O)NC(=O)C3(Cc4cc([N+](=O)[O-])c(N5CCOCC5)cc4N4CCOCC43)C2=O)cc1. The fourth-order valence-corrected chi connectivity index (χ4v) is 6.01. The van der Waals surface area contributed by atoms with Crippen molar-refractivity contribution in [3.63, 3.8) is 0 Å². The summed E-state index contributed by atoms with van der Waals surface area (Å²) in [5.41, 5.74) is 0.101. The van der Waals surface area contributed by atoms with E-state index >= 15 is 0 Å². The number of ether oxygens (including phenoxy) is 3. The van der Waals surface area contributed by atoms with E-state index in [1.165, 1.54) is 13.2 Å². The van der Waals surface area contributed by atoms with Crippen LogP contribution in [0.1, 0.15) is 5.56 Å². The topological polar surface area (TPSA) is 144 Å². The Morgan fingerprint density at radius 3 is 2.44 bits per heavy atom. The molecule has 13 heteroatoms. The van der Waals surface area contributed by atoms with Gasteiger partial charge in [0.15, 0.2) is 5.41 Å². The Bertz CT molecular complexity index is 1360. The molecule has 3 saturated heterocycles. The molecule has 2 aromatic carbocycles. The summed E-state index contributed by atoms with van der Waals surface area (Å²) in [7, 11) is 1.50. The van der Waals surface area contributed by atoms with Gasteiger partial charge in [-0.25, -0.2) is 9.69 Å². The van der Waals surface area contributed by atoms with Crippen molar-refractivity contribution in [2.75, 3.05) is 67.9 Å². The van der Waals surface area contributed by atoms with Crippen molar-refractivity contribution in [1.29, 1.82) is 0 Å². The van der Waals surface area contributed by atoms with Crippen LogP contribution < -0.4 is 24.8 Å². The van der Waals surface area contributed by atoms with E-state index in [9.17, 15) is 24.5 Å². The third-order valence-electron chi connectivity index (χ3n) is 7.94. The number of barbiturate groups is 1. The van der Waals surface area contributed by atoms with Gasteiger partial charge in [-0.2, -0.15) is 0 Å². The Labute approximate surface area is 223 Å². The van der Waals surface area contributed by atoms with Gasteiger partial charge in [-0.3, -0.25) is 25.0 Å². The van der Waals surface area contributed by atoms with Crippen molar-refractivity contribution in [3.8, 4) is 5.75 Å². The molecule has 2 aromatic rings. The van der Waals surface area contributed by atoms with Crippen LogP contribution in [0.25, 0.3) is 0 Å². The van der Waals surface area contributed by atoms with E-state index in [-0.39, 0.29) is 24.4 Å². The largest absolute Gasteiger partial charge is 0.497 e. The highest BCUT2D eigenvalue weighted by atomic mass is 16.6. The summed E-state index contributed by atoms with van der Waals surface area (Å²) in [6.07, 6.45) is -0.123. The summed E-state index contributed by atoms with van der Waals surface area (Å²) in [4.78, 5) is 57.4. The number of hydrogen-bond acceptors (Lipinski definition) is 10. The summed E-state index contributed by atoms with van der Waals surface area (Å²) >= 11 is 0. The van der Waals surface area contributed by atoms with Crippen LogP contribution in [0.5, 0.6) is 5.75 Å². The zero-order chi connectivity index (χ0) is 27.3. The van der Waals surface area contributed by atoms with E-state index < -0.39 is 34.2 Å². The molecule has 1 N–H and O–H groups in total. The molecule has 0 radical (unpaired) electrons. The smallest absolute Gasteiger partial charge is 0.335 e. The van der Waals surface area contributed by atoms with E-state index in [1.54, 1.807) is 30.3 Å². The summed E-state index contributed by atoms with van der Waals surface area (Å²) < 4.78 is 16.4. The highest BCUT2D eigenvalue weighted by molar-refractivity contribution is 6.30. The number of rotatable bonds is 4. The number of anilines is 3. The molecule has 204 valence electrons. The van der Waals surface area contributed by atoms with Gasteiger partial charge in [-0.05, 0) is 35.9 Å². The van der Waals surface area contributed by atoms with Crippen molar-refractivity contribution < 1.29 is 33.5 Å². The lowest BCUT2D eigenvalue weighted by Gasteiger charge is -2.53. The molecule has 3 fully saturated rings. The number of nitrogens with one attached hydrogen (secondary N) is 1. The van der Waals surface area contributed by atoms with E-state index in [2.05, 4.69) is 5.32 Å². The van der Waals surface area contributed by atoms with Gasteiger partial charge in [0.05, 0.1) is 50.2 Å². The number of fused-ring (bicyclic) bond motifs is 4. The van der Waals surface area contributed by atoms with Gasteiger partial charge in [-0.1, -0.05) is 0 Å². The molecule has 0 saturated carbocycles.